The van der Waals surface area contributed by atoms with Gasteiger partial charge in [-0.15, -0.1) is 0 Å². The van der Waals surface area contributed by atoms with Crippen LogP contribution < -0.4 is 0 Å². The summed E-state index contributed by atoms with van der Waals surface area (Å²) in [5.74, 6) is 0. The van der Waals surface area contributed by atoms with Crippen molar-refractivity contribution >= 4 is 75.7 Å². The second-order valence-corrected chi connectivity index (χ2v) is 13.7. The Hall–Kier alpha value is -6.90. The molecule has 2 heterocycles. The summed E-state index contributed by atoms with van der Waals surface area (Å²) in [6.07, 6.45) is 1.99. The number of fused-ring (bicyclic) bond motifs is 10. The Morgan fingerprint density at radius 2 is 0.923 bits per heavy atom. The lowest BCUT2D eigenvalue weighted by Gasteiger charge is -2.19. The number of hydrogen-bond acceptors (Lipinski definition) is 2. The normalized spacial score (nSPS) is 11.8. The standard InChI is InChI=1S/C50H30N2/c1-2-14-32(15-3-1)50-43-27-28-44-49(36-19-7-5-16-34(36)30-51-44)48(43)42-26-25-33(29-45(42)52-50)46-38-20-8-10-22-40(38)47(41-23-11-9-21-39(41)46)37-24-12-17-31-13-4-6-18-35(31)37/h1-30H. The zero-order valence-electron chi connectivity index (χ0n) is 28.2. The summed E-state index contributed by atoms with van der Waals surface area (Å²) in [4.78, 5) is 10.4. The maximum absolute atomic E-state index is 5.49. The molecule has 0 atom stereocenters. The van der Waals surface area contributed by atoms with Gasteiger partial charge in [0.15, 0.2) is 0 Å². The van der Waals surface area contributed by atoms with Crippen LogP contribution in [0.25, 0.3) is 109 Å². The first-order valence-electron chi connectivity index (χ1n) is 17.8. The summed E-state index contributed by atoms with van der Waals surface area (Å²) in [6, 6.07) is 63.6. The first-order valence-corrected chi connectivity index (χ1v) is 17.8. The molecule has 0 bridgehead atoms. The zero-order chi connectivity index (χ0) is 34.2. The Bertz CT molecular complexity index is 3170. The van der Waals surface area contributed by atoms with Gasteiger partial charge < -0.3 is 0 Å². The SMILES string of the molecule is c1ccc(-c2nc3cc(-c4c5ccccc5c(-c5cccc6ccccc56)c5ccccc45)ccc3c3c2ccc2ncc4ccccc4c23)cc1. The lowest BCUT2D eigenvalue weighted by Crippen LogP contribution is -1.94. The highest BCUT2D eigenvalue weighted by Gasteiger charge is 2.20. The second-order valence-electron chi connectivity index (χ2n) is 13.7. The van der Waals surface area contributed by atoms with Crippen molar-refractivity contribution in [1.82, 2.24) is 9.97 Å². The molecule has 2 heteroatoms. The van der Waals surface area contributed by atoms with Crippen molar-refractivity contribution in [2.75, 3.05) is 0 Å². The average molecular weight is 659 g/mol. The maximum atomic E-state index is 5.49. The molecule has 0 aliphatic carbocycles. The van der Waals surface area contributed by atoms with Gasteiger partial charge in [0.05, 0.1) is 16.7 Å². The van der Waals surface area contributed by atoms with Crippen LogP contribution in [0.15, 0.2) is 182 Å². The topological polar surface area (TPSA) is 25.8 Å². The fourth-order valence-corrected chi connectivity index (χ4v) is 8.59. The molecule has 0 fully saturated rings. The molecule has 2 aromatic heterocycles. The average Bonchev–Trinajstić information content (AvgIpc) is 3.22. The minimum absolute atomic E-state index is 0.968. The third-order valence-electron chi connectivity index (χ3n) is 10.8. The van der Waals surface area contributed by atoms with E-state index in [1.807, 2.05) is 6.20 Å². The number of hydrogen-bond donors (Lipinski definition) is 0. The van der Waals surface area contributed by atoms with E-state index >= 15 is 0 Å². The molecule has 0 saturated heterocycles. The predicted octanol–water partition coefficient (Wildman–Crippen LogP) is 13.5. The van der Waals surface area contributed by atoms with Crippen LogP contribution in [-0.4, -0.2) is 9.97 Å². The van der Waals surface area contributed by atoms with Crippen molar-refractivity contribution in [1.29, 1.82) is 0 Å². The molecule has 0 radical (unpaired) electrons. The second kappa shape index (κ2) is 11.3. The van der Waals surface area contributed by atoms with Crippen LogP contribution >= 0.6 is 0 Å². The molecule has 0 spiro atoms. The van der Waals surface area contributed by atoms with Crippen LogP contribution in [0, 0.1) is 0 Å². The van der Waals surface area contributed by atoms with E-state index in [0.717, 1.165) is 44.0 Å². The van der Waals surface area contributed by atoms with E-state index < -0.39 is 0 Å². The minimum Gasteiger partial charge on any atom is -0.256 e. The summed E-state index contributed by atoms with van der Waals surface area (Å²) in [6.45, 7) is 0. The Morgan fingerprint density at radius 1 is 0.327 bits per heavy atom. The van der Waals surface area contributed by atoms with Gasteiger partial charge in [-0.2, -0.15) is 0 Å². The van der Waals surface area contributed by atoms with E-state index in [2.05, 4.69) is 176 Å². The zero-order valence-corrected chi connectivity index (χ0v) is 28.2. The van der Waals surface area contributed by atoms with Gasteiger partial charge in [0, 0.05) is 38.7 Å². The monoisotopic (exact) mass is 658 g/mol. The van der Waals surface area contributed by atoms with Crippen molar-refractivity contribution in [3.05, 3.63) is 182 Å². The smallest absolute Gasteiger partial charge is 0.0788 e. The highest BCUT2D eigenvalue weighted by Crippen LogP contribution is 2.46. The van der Waals surface area contributed by atoms with Gasteiger partial charge >= 0.3 is 0 Å². The number of nitrogens with zero attached hydrogens (tertiary/aromatic N) is 2. The summed E-state index contributed by atoms with van der Waals surface area (Å²) in [7, 11) is 0. The number of benzene rings is 9. The number of rotatable bonds is 3. The van der Waals surface area contributed by atoms with Crippen molar-refractivity contribution in [3.63, 3.8) is 0 Å². The molecule has 52 heavy (non-hydrogen) atoms. The maximum Gasteiger partial charge on any atom is 0.0788 e. The van der Waals surface area contributed by atoms with E-state index in [0.29, 0.717) is 0 Å². The summed E-state index contributed by atoms with van der Waals surface area (Å²) >= 11 is 0. The van der Waals surface area contributed by atoms with E-state index in [4.69, 9.17) is 9.97 Å². The van der Waals surface area contributed by atoms with Gasteiger partial charge in [0.1, 0.15) is 0 Å². The minimum atomic E-state index is 0.968. The van der Waals surface area contributed by atoms with E-state index in [1.54, 1.807) is 0 Å². The van der Waals surface area contributed by atoms with Gasteiger partial charge in [-0.1, -0.05) is 158 Å². The molecule has 11 aromatic rings. The van der Waals surface area contributed by atoms with E-state index in [-0.39, 0.29) is 0 Å². The molecule has 0 aliphatic heterocycles. The van der Waals surface area contributed by atoms with Crippen LogP contribution in [0.1, 0.15) is 0 Å². The van der Waals surface area contributed by atoms with Gasteiger partial charge in [-0.05, 0) is 78.2 Å². The molecule has 0 amide bonds. The summed E-state index contributed by atoms with van der Waals surface area (Å²) in [5.41, 5.74) is 8.94. The molecule has 0 aliphatic rings. The van der Waals surface area contributed by atoms with E-state index in [1.165, 1.54) is 65.2 Å². The van der Waals surface area contributed by atoms with Gasteiger partial charge in [-0.25, -0.2) is 4.98 Å². The molecule has 240 valence electrons. The molecule has 0 N–H and O–H groups in total. The van der Waals surface area contributed by atoms with Crippen molar-refractivity contribution in [2.24, 2.45) is 0 Å². The van der Waals surface area contributed by atoms with E-state index in [9.17, 15) is 0 Å². The first-order chi connectivity index (χ1) is 25.8. The third-order valence-corrected chi connectivity index (χ3v) is 10.8. The fourth-order valence-electron chi connectivity index (χ4n) is 8.59. The van der Waals surface area contributed by atoms with Crippen molar-refractivity contribution < 1.29 is 0 Å². The third kappa shape index (κ3) is 4.25. The van der Waals surface area contributed by atoms with Crippen LogP contribution in [0.5, 0.6) is 0 Å². The molecule has 2 nitrogen and oxygen atoms in total. The number of pyridine rings is 2. The van der Waals surface area contributed by atoms with Crippen molar-refractivity contribution in [2.45, 2.75) is 0 Å². The van der Waals surface area contributed by atoms with Gasteiger partial charge in [0.2, 0.25) is 0 Å². The van der Waals surface area contributed by atoms with Crippen LogP contribution in [0.3, 0.4) is 0 Å². The Balaban J connectivity index is 1.26. The van der Waals surface area contributed by atoms with Gasteiger partial charge in [-0.3, -0.25) is 4.98 Å². The van der Waals surface area contributed by atoms with Crippen LogP contribution in [0.4, 0.5) is 0 Å². The quantitative estimate of drug-likeness (QED) is 0.139. The van der Waals surface area contributed by atoms with Crippen LogP contribution in [-0.2, 0) is 0 Å². The molecule has 0 unspecified atom stereocenters. The molecular weight excluding hydrogens is 629 g/mol. The highest BCUT2D eigenvalue weighted by molar-refractivity contribution is 6.29. The van der Waals surface area contributed by atoms with Crippen LogP contribution in [0.2, 0.25) is 0 Å². The molecule has 0 saturated carbocycles. The lowest BCUT2D eigenvalue weighted by molar-refractivity contribution is 1.42. The van der Waals surface area contributed by atoms with Gasteiger partial charge in [0.25, 0.3) is 0 Å². The predicted molar refractivity (Wildman–Crippen MR) is 221 cm³/mol. The highest BCUT2D eigenvalue weighted by atomic mass is 14.7. The Kier molecular flexibility index (Phi) is 6.28. The molecular formula is C50H30N2. The first kappa shape index (κ1) is 28.9. The fraction of sp³-hybridized carbons (Fsp3) is 0. The Morgan fingerprint density at radius 3 is 1.67 bits per heavy atom. The lowest BCUT2D eigenvalue weighted by atomic mass is 9.84. The van der Waals surface area contributed by atoms with Crippen molar-refractivity contribution in [3.8, 4) is 33.5 Å². The largest absolute Gasteiger partial charge is 0.256 e. The molecule has 11 rings (SSSR count). The summed E-state index contributed by atoms with van der Waals surface area (Å²) < 4.78 is 0. The number of aromatic nitrogens is 2. The Labute approximate surface area is 300 Å². The molecule has 9 aromatic carbocycles. The summed E-state index contributed by atoms with van der Waals surface area (Å²) in [5, 5.41) is 14.4.